The molecule has 3 aromatic carbocycles. The van der Waals surface area contributed by atoms with E-state index in [4.69, 9.17) is 0 Å². The number of hydrogen-bond acceptors (Lipinski definition) is 5. The number of hydrogen-bond donors (Lipinski definition) is 4. The Labute approximate surface area is 179 Å². The van der Waals surface area contributed by atoms with Crippen LogP contribution in [0, 0.1) is 0 Å². The number of sulfonamides is 1. The van der Waals surface area contributed by atoms with E-state index >= 15 is 0 Å². The summed E-state index contributed by atoms with van der Waals surface area (Å²) in [6.45, 7) is 0. The molecule has 3 aromatic rings. The summed E-state index contributed by atoms with van der Waals surface area (Å²) in [5.74, 6) is -1.65. The SMILES string of the molecule is O=C(Nc1ccc(S(=O)(=O)N[C@@H](Cc2ccc(O)cc2)C(=O)O)cc1)c1ccccc1. The number of amides is 1. The van der Waals surface area contributed by atoms with Crippen molar-refractivity contribution in [2.75, 3.05) is 5.32 Å². The lowest BCUT2D eigenvalue weighted by molar-refractivity contribution is -0.138. The van der Waals surface area contributed by atoms with Crippen LogP contribution in [0.5, 0.6) is 5.75 Å². The Morgan fingerprint density at radius 1 is 0.871 bits per heavy atom. The van der Waals surface area contributed by atoms with Crippen LogP contribution in [-0.4, -0.2) is 36.5 Å². The van der Waals surface area contributed by atoms with E-state index in [1.165, 1.54) is 48.5 Å². The van der Waals surface area contributed by atoms with Crippen molar-refractivity contribution in [2.45, 2.75) is 17.4 Å². The van der Waals surface area contributed by atoms with Crippen LogP contribution in [0.15, 0.2) is 83.8 Å². The second-order valence-electron chi connectivity index (χ2n) is 6.73. The molecule has 0 radical (unpaired) electrons. The van der Waals surface area contributed by atoms with Gasteiger partial charge in [-0.05, 0) is 60.5 Å². The maximum atomic E-state index is 12.6. The number of aromatic hydroxyl groups is 1. The van der Waals surface area contributed by atoms with Gasteiger partial charge in [0.05, 0.1) is 4.90 Å². The Kier molecular flexibility index (Phi) is 6.68. The molecule has 0 aromatic heterocycles. The molecule has 1 amide bonds. The number of aliphatic carboxylic acids is 1. The van der Waals surface area contributed by atoms with Crippen LogP contribution < -0.4 is 10.0 Å². The first-order valence-corrected chi connectivity index (χ1v) is 10.7. The van der Waals surface area contributed by atoms with Crippen LogP contribution in [-0.2, 0) is 21.2 Å². The summed E-state index contributed by atoms with van der Waals surface area (Å²) in [7, 11) is -4.12. The number of nitrogens with one attached hydrogen (secondary N) is 2. The van der Waals surface area contributed by atoms with Crippen molar-refractivity contribution >= 4 is 27.6 Å². The fraction of sp³-hybridized carbons (Fsp3) is 0.0909. The van der Waals surface area contributed by atoms with E-state index in [1.807, 2.05) is 0 Å². The van der Waals surface area contributed by atoms with Crippen molar-refractivity contribution in [2.24, 2.45) is 0 Å². The molecule has 0 bridgehead atoms. The molecular formula is C22H20N2O6S. The first kappa shape index (κ1) is 22.0. The standard InChI is InChI=1S/C22H20N2O6S/c25-18-10-6-15(7-11-18)14-20(22(27)28)24-31(29,30)19-12-8-17(9-13-19)23-21(26)16-4-2-1-3-5-16/h1-13,20,24-25H,14H2,(H,23,26)(H,27,28)/t20-/m0/s1. The molecule has 0 aliphatic carbocycles. The second kappa shape index (κ2) is 9.41. The first-order valence-electron chi connectivity index (χ1n) is 9.24. The van der Waals surface area contributed by atoms with E-state index in [0.717, 1.165) is 0 Å². The van der Waals surface area contributed by atoms with Gasteiger partial charge in [-0.2, -0.15) is 4.72 Å². The summed E-state index contributed by atoms with van der Waals surface area (Å²) in [5, 5.41) is 21.4. The van der Waals surface area contributed by atoms with Gasteiger partial charge in [-0.25, -0.2) is 8.42 Å². The lowest BCUT2D eigenvalue weighted by Gasteiger charge is -2.15. The molecular weight excluding hydrogens is 420 g/mol. The zero-order chi connectivity index (χ0) is 22.4. The Hall–Kier alpha value is -3.69. The van der Waals surface area contributed by atoms with E-state index in [9.17, 15) is 28.2 Å². The minimum atomic E-state index is -4.12. The summed E-state index contributed by atoms with van der Waals surface area (Å²) < 4.78 is 27.5. The van der Waals surface area contributed by atoms with E-state index in [0.29, 0.717) is 16.8 Å². The highest BCUT2D eigenvalue weighted by Gasteiger charge is 2.25. The molecule has 0 saturated carbocycles. The third-order valence-corrected chi connectivity index (χ3v) is 5.92. The maximum absolute atomic E-state index is 12.6. The Bertz CT molecular complexity index is 1160. The fourth-order valence-corrected chi connectivity index (χ4v) is 4.00. The van der Waals surface area contributed by atoms with Crippen LogP contribution in [0.2, 0.25) is 0 Å². The number of anilines is 1. The molecule has 3 rings (SSSR count). The monoisotopic (exact) mass is 440 g/mol. The molecule has 0 unspecified atom stereocenters. The second-order valence-corrected chi connectivity index (χ2v) is 8.44. The molecule has 0 aliphatic heterocycles. The zero-order valence-electron chi connectivity index (χ0n) is 16.2. The van der Waals surface area contributed by atoms with Crippen LogP contribution >= 0.6 is 0 Å². The lowest BCUT2D eigenvalue weighted by atomic mass is 10.1. The average molecular weight is 440 g/mol. The summed E-state index contributed by atoms with van der Waals surface area (Å²) in [6, 6.07) is 18.4. The molecule has 160 valence electrons. The van der Waals surface area contributed by atoms with Crippen LogP contribution in [0.3, 0.4) is 0 Å². The predicted molar refractivity (Wildman–Crippen MR) is 114 cm³/mol. The molecule has 8 nitrogen and oxygen atoms in total. The van der Waals surface area contributed by atoms with Crippen molar-refractivity contribution in [1.29, 1.82) is 0 Å². The minimum Gasteiger partial charge on any atom is -0.508 e. The van der Waals surface area contributed by atoms with Crippen molar-refractivity contribution in [3.8, 4) is 5.75 Å². The van der Waals surface area contributed by atoms with E-state index in [1.54, 1.807) is 30.3 Å². The topological polar surface area (TPSA) is 133 Å². The number of carboxylic acids is 1. The minimum absolute atomic E-state index is 0.0238. The Morgan fingerprint density at radius 2 is 1.48 bits per heavy atom. The normalized spacial score (nSPS) is 12.1. The van der Waals surface area contributed by atoms with Gasteiger partial charge in [0.1, 0.15) is 11.8 Å². The number of rotatable bonds is 8. The van der Waals surface area contributed by atoms with Crippen molar-refractivity contribution in [3.63, 3.8) is 0 Å². The van der Waals surface area contributed by atoms with Gasteiger partial charge in [-0.15, -0.1) is 0 Å². The quantitative estimate of drug-likeness (QED) is 0.426. The van der Waals surface area contributed by atoms with E-state index < -0.39 is 22.0 Å². The Balaban J connectivity index is 1.70. The molecule has 0 spiro atoms. The number of carbonyl (C=O) groups excluding carboxylic acids is 1. The molecule has 1 atom stereocenters. The van der Waals surface area contributed by atoms with Crippen molar-refractivity contribution in [1.82, 2.24) is 4.72 Å². The summed E-state index contributed by atoms with van der Waals surface area (Å²) >= 11 is 0. The summed E-state index contributed by atoms with van der Waals surface area (Å²) in [5.41, 5.74) is 1.40. The predicted octanol–water partition coefficient (Wildman–Crippen LogP) is 2.62. The molecule has 0 fully saturated rings. The average Bonchev–Trinajstić information content (AvgIpc) is 2.75. The van der Waals surface area contributed by atoms with Crippen LogP contribution in [0.1, 0.15) is 15.9 Å². The fourth-order valence-electron chi connectivity index (χ4n) is 2.81. The molecule has 9 heteroatoms. The smallest absolute Gasteiger partial charge is 0.322 e. The van der Waals surface area contributed by atoms with Gasteiger partial charge < -0.3 is 15.5 Å². The summed E-state index contributed by atoms with van der Waals surface area (Å²) in [4.78, 5) is 23.6. The largest absolute Gasteiger partial charge is 0.508 e. The number of carbonyl (C=O) groups is 2. The van der Waals surface area contributed by atoms with Crippen molar-refractivity contribution < 1.29 is 28.2 Å². The van der Waals surface area contributed by atoms with Gasteiger partial charge in [0.25, 0.3) is 5.91 Å². The highest BCUT2D eigenvalue weighted by atomic mass is 32.2. The van der Waals surface area contributed by atoms with E-state index in [-0.39, 0.29) is 23.0 Å². The maximum Gasteiger partial charge on any atom is 0.322 e. The van der Waals surface area contributed by atoms with Gasteiger partial charge in [0.2, 0.25) is 10.0 Å². The number of phenols is 1. The van der Waals surface area contributed by atoms with Gasteiger partial charge in [0, 0.05) is 11.3 Å². The van der Waals surface area contributed by atoms with E-state index in [2.05, 4.69) is 10.0 Å². The molecule has 0 saturated heterocycles. The number of carboxylic acid groups (broad SMARTS) is 1. The number of phenolic OH excluding ortho intramolecular Hbond substituents is 1. The highest BCUT2D eigenvalue weighted by molar-refractivity contribution is 7.89. The number of benzene rings is 3. The van der Waals surface area contributed by atoms with Gasteiger partial charge >= 0.3 is 5.97 Å². The third-order valence-electron chi connectivity index (χ3n) is 4.43. The first-order chi connectivity index (χ1) is 14.7. The van der Waals surface area contributed by atoms with Crippen LogP contribution in [0.4, 0.5) is 5.69 Å². The Morgan fingerprint density at radius 3 is 2.06 bits per heavy atom. The lowest BCUT2D eigenvalue weighted by Crippen LogP contribution is -2.42. The molecule has 0 aliphatic rings. The molecule has 4 N–H and O–H groups in total. The van der Waals surface area contributed by atoms with Crippen molar-refractivity contribution in [3.05, 3.63) is 90.0 Å². The summed E-state index contributed by atoms with van der Waals surface area (Å²) in [6.07, 6.45) is -0.0972. The van der Waals surface area contributed by atoms with Crippen LogP contribution in [0.25, 0.3) is 0 Å². The van der Waals surface area contributed by atoms with Gasteiger partial charge in [0.15, 0.2) is 0 Å². The molecule has 31 heavy (non-hydrogen) atoms. The molecule has 0 heterocycles. The van der Waals surface area contributed by atoms with Gasteiger partial charge in [-0.1, -0.05) is 30.3 Å². The zero-order valence-corrected chi connectivity index (χ0v) is 17.0. The van der Waals surface area contributed by atoms with Gasteiger partial charge in [-0.3, -0.25) is 9.59 Å². The highest BCUT2D eigenvalue weighted by Crippen LogP contribution is 2.17. The third kappa shape index (κ3) is 5.91.